The van der Waals surface area contributed by atoms with E-state index in [2.05, 4.69) is 34.3 Å². The fourth-order valence-corrected chi connectivity index (χ4v) is 3.06. The van der Waals surface area contributed by atoms with Gasteiger partial charge in [0.15, 0.2) is 0 Å². The molecule has 0 aliphatic rings. The Labute approximate surface area is 123 Å². The van der Waals surface area contributed by atoms with E-state index in [9.17, 15) is 0 Å². The summed E-state index contributed by atoms with van der Waals surface area (Å²) in [4.78, 5) is 7.90. The molecule has 2 rings (SSSR count). The van der Waals surface area contributed by atoms with Crippen LogP contribution in [0.4, 0.5) is 5.82 Å². The van der Waals surface area contributed by atoms with Crippen molar-refractivity contribution in [1.82, 2.24) is 4.98 Å². The fourth-order valence-electron chi connectivity index (χ4n) is 1.91. The molecule has 3 nitrogen and oxygen atoms in total. The first-order valence-corrected chi connectivity index (χ1v) is 7.47. The maximum Gasteiger partial charge on any atom is 0.147 e. The summed E-state index contributed by atoms with van der Waals surface area (Å²) in [5, 5.41) is 2.76. The van der Waals surface area contributed by atoms with Gasteiger partial charge in [-0.25, -0.2) is 4.98 Å². The summed E-state index contributed by atoms with van der Waals surface area (Å²) in [6, 6.07) is 6.46. The van der Waals surface area contributed by atoms with E-state index < -0.39 is 0 Å². The Hall–Kier alpha value is -1.10. The maximum atomic E-state index is 6.27. The highest BCUT2D eigenvalue weighted by Gasteiger charge is 2.15. The summed E-state index contributed by atoms with van der Waals surface area (Å²) < 4.78 is 0. The average molecular weight is 296 g/mol. The fraction of sp³-hybridized carbons (Fsp3) is 0.357. The van der Waals surface area contributed by atoms with Crippen LogP contribution >= 0.6 is 22.9 Å². The van der Waals surface area contributed by atoms with Crippen LogP contribution in [0.5, 0.6) is 0 Å². The topological polar surface area (TPSA) is 42.2 Å². The SMILES string of the molecule is CC(Cc1cccs1)N(C)c1ncc(CN)cc1Cl. The molecule has 0 aromatic carbocycles. The van der Waals surface area contributed by atoms with Gasteiger partial charge in [-0.15, -0.1) is 11.3 Å². The van der Waals surface area contributed by atoms with Gasteiger partial charge in [0.1, 0.15) is 5.82 Å². The highest BCUT2D eigenvalue weighted by atomic mass is 35.5. The summed E-state index contributed by atoms with van der Waals surface area (Å²) in [6.07, 6.45) is 2.78. The third-order valence-electron chi connectivity index (χ3n) is 3.19. The van der Waals surface area contributed by atoms with E-state index in [0.29, 0.717) is 17.6 Å². The molecule has 0 saturated carbocycles. The molecule has 2 aromatic heterocycles. The second-order valence-electron chi connectivity index (χ2n) is 4.60. The van der Waals surface area contributed by atoms with E-state index in [-0.39, 0.29) is 0 Å². The number of thiophene rings is 1. The van der Waals surface area contributed by atoms with Gasteiger partial charge in [0.05, 0.1) is 5.02 Å². The van der Waals surface area contributed by atoms with Crippen molar-refractivity contribution in [1.29, 1.82) is 0 Å². The largest absolute Gasteiger partial charge is 0.355 e. The molecule has 0 amide bonds. The van der Waals surface area contributed by atoms with E-state index >= 15 is 0 Å². The van der Waals surface area contributed by atoms with Crippen molar-refractivity contribution in [3.8, 4) is 0 Å². The predicted molar refractivity (Wildman–Crippen MR) is 83.0 cm³/mol. The number of hydrogen-bond acceptors (Lipinski definition) is 4. The van der Waals surface area contributed by atoms with Crippen molar-refractivity contribution in [3.05, 3.63) is 45.2 Å². The molecule has 1 unspecified atom stereocenters. The zero-order valence-electron chi connectivity index (χ0n) is 11.1. The Morgan fingerprint density at radius 3 is 2.89 bits per heavy atom. The van der Waals surface area contributed by atoms with Gasteiger partial charge in [-0.2, -0.15) is 0 Å². The lowest BCUT2D eigenvalue weighted by atomic mass is 10.2. The minimum atomic E-state index is 0.340. The monoisotopic (exact) mass is 295 g/mol. The summed E-state index contributed by atoms with van der Waals surface area (Å²) in [6.45, 7) is 2.63. The Bertz CT molecular complexity index is 527. The Balaban J connectivity index is 2.12. The number of nitrogens with two attached hydrogens (primary N) is 1. The van der Waals surface area contributed by atoms with Crippen molar-refractivity contribution in [2.45, 2.75) is 25.9 Å². The minimum absolute atomic E-state index is 0.340. The number of pyridine rings is 1. The second-order valence-corrected chi connectivity index (χ2v) is 6.04. The van der Waals surface area contributed by atoms with Crippen molar-refractivity contribution >= 4 is 28.8 Å². The third kappa shape index (κ3) is 3.47. The third-order valence-corrected chi connectivity index (χ3v) is 4.36. The van der Waals surface area contributed by atoms with Crippen molar-refractivity contribution < 1.29 is 0 Å². The van der Waals surface area contributed by atoms with Crippen LogP contribution in [0.25, 0.3) is 0 Å². The first-order chi connectivity index (χ1) is 9.11. The summed E-state index contributed by atoms with van der Waals surface area (Å²) in [5.74, 6) is 0.808. The molecule has 0 radical (unpaired) electrons. The molecule has 19 heavy (non-hydrogen) atoms. The first kappa shape index (κ1) is 14.3. The number of nitrogens with zero attached hydrogens (tertiary/aromatic N) is 2. The van der Waals surface area contributed by atoms with E-state index in [1.54, 1.807) is 17.5 Å². The minimum Gasteiger partial charge on any atom is -0.355 e. The number of halogens is 1. The zero-order chi connectivity index (χ0) is 13.8. The quantitative estimate of drug-likeness (QED) is 0.920. The van der Waals surface area contributed by atoms with Crippen molar-refractivity contribution in [2.24, 2.45) is 5.73 Å². The van der Waals surface area contributed by atoms with E-state index in [4.69, 9.17) is 17.3 Å². The van der Waals surface area contributed by atoms with Crippen molar-refractivity contribution in [3.63, 3.8) is 0 Å². The Morgan fingerprint density at radius 1 is 1.53 bits per heavy atom. The lowest BCUT2D eigenvalue weighted by Gasteiger charge is -2.26. The van der Waals surface area contributed by atoms with Gasteiger partial charge in [-0.05, 0) is 30.0 Å². The molecule has 0 bridgehead atoms. The Morgan fingerprint density at radius 2 is 2.32 bits per heavy atom. The molecule has 2 heterocycles. The first-order valence-electron chi connectivity index (χ1n) is 6.21. The van der Waals surface area contributed by atoms with Gasteiger partial charge < -0.3 is 10.6 Å². The van der Waals surface area contributed by atoms with Crippen LogP contribution < -0.4 is 10.6 Å². The molecule has 0 spiro atoms. The molecule has 102 valence electrons. The number of anilines is 1. The molecule has 0 aliphatic carbocycles. The number of rotatable bonds is 5. The highest BCUT2D eigenvalue weighted by molar-refractivity contribution is 7.09. The molecule has 0 saturated heterocycles. The van der Waals surface area contributed by atoms with Crippen LogP contribution in [0.1, 0.15) is 17.4 Å². The molecule has 2 N–H and O–H groups in total. The van der Waals surface area contributed by atoms with Crippen LogP contribution in [0.15, 0.2) is 29.8 Å². The standard InChI is InChI=1S/C14H18ClN3S/c1-10(6-12-4-3-5-19-12)18(2)14-13(15)7-11(8-16)9-17-14/h3-5,7,9-10H,6,8,16H2,1-2H3. The maximum absolute atomic E-state index is 6.27. The predicted octanol–water partition coefficient (Wildman–Crippen LogP) is 3.32. The molecule has 1 atom stereocenters. The average Bonchev–Trinajstić information content (AvgIpc) is 2.90. The molecular weight excluding hydrogens is 278 g/mol. The summed E-state index contributed by atoms with van der Waals surface area (Å²) in [5.41, 5.74) is 6.54. The molecule has 0 fully saturated rings. The molecular formula is C14H18ClN3S. The van der Waals surface area contributed by atoms with Crippen LogP contribution in [-0.4, -0.2) is 18.1 Å². The lowest BCUT2D eigenvalue weighted by Crippen LogP contribution is -2.31. The number of hydrogen-bond donors (Lipinski definition) is 1. The van der Waals surface area contributed by atoms with Gasteiger partial charge in [-0.1, -0.05) is 17.7 Å². The molecule has 2 aromatic rings. The molecule has 5 heteroatoms. The Kier molecular flexibility index (Phi) is 4.80. The number of aromatic nitrogens is 1. The van der Waals surface area contributed by atoms with E-state index in [1.165, 1.54) is 4.88 Å². The van der Waals surface area contributed by atoms with Gasteiger partial charge in [0.25, 0.3) is 0 Å². The highest BCUT2D eigenvalue weighted by Crippen LogP contribution is 2.25. The summed E-state index contributed by atoms with van der Waals surface area (Å²) in [7, 11) is 2.02. The van der Waals surface area contributed by atoms with E-state index in [1.807, 2.05) is 13.1 Å². The van der Waals surface area contributed by atoms with Crippen LogP contribution in [0.2, 0.25) is 5.02 Å². The van der Waals surface area contributed by atoms with Crippen LogP contribution in [-0.2, 0) is 13.0 Å². The van der Waals surface area contributed by atoms with Crippen molar-refractivity contribution in [2.75, 3.05) is 11.9 Å². The smallest absolute Gasteiger partial charge is 0.147 e. The van der Waals surface area contributed by atoms with Gasteiger partial charge in [0.2, 0.25) is 0 Å². The lowest BCUT2D eigenvalue weighted by molar-refractivity contribution is 0.680. The van der Waals surface area contributed by atoms with Crippen LogP contribution in [0, 0.1) is 0 Å². The van der Waals surface area contributed by atoms with Crippen LogP contribution in [0.3, 0.4) is 0 Å². The van der Waals surface area contributed by atoms with Gasteiger partial charge >= 0.3 is 0 Å². The normalized spacial score (nSPS) is 12.4. The zero-order valence-corrected chi connectivity index (χ0v) is 12.7. The second kappa shape index (κ2) is 6.37. The van der Waals surface area contributed by atoms with Gasteiger partial charge in [0, 0.05) is 37.1 Å². The summed E-state index contributed by atoms with van der Waals surface area (Å²) >= 11 is 8.05. The number of likely N-dealkylation sites (N-methyl/N-ethyl adjacent to an activating group) is 1. The van der Waals surface area contributed by atoms with E-state index in [0.717, 1.165) is 17.8 Å². The molecule has 0 aliphatic heterocycles. The van der Waals surface area contributed by atoms with Gasteiger partial charge in [-0.3, -0.25) is 0 Å².